The first kappa shape index (κ1) is 28.0. The zero-order valence-electron chi connectivity index (χ0n) is 26.5. The Morgan fingerprint density at radius 1 is 0.367 bits per heavy atom. The standard InChI is InChI=1S/C46H29NOS/c48-49(35-27-33(30-12-3-1-4-13-30)26-34(28-35)31-14-5-2-6-15-31)45-21-10-9-18-39(45)43-29-32(22-25-44(43)47-49)36-23-24-42-38-17-8-7-16-37(38)41-20-11-19-40(36)46(41)42/h1-29H. The maximum Gasteiger partial charge on any atom is 0.109 e. The Morgan fingerprint density at radius 3 is 1.63 bits per heavy atom. The highest BCUT2D eigenvalue weighted by molar-refractivity contribution is 7.94. The van der Waals surface area contributed by atoms with Gasteiger partial charge in [-0.1, -0.05) is 140 Å². The minimum Gasteiger partial charge on any atom is -0.239 e. The van der Waals surface area contributed by atoms with Gasteiger partial charge >= 0.3 is 0 Å². The van der Waals surface area contributed by atoms with Gasteiger partial charge in [-0.3, -0.25) is 0 Å². The SMILES string of the molecule is O=S1(c2cc(-c3ccccc3)cc(-c3ccccc3)c2)=Nc2ccc(-c3ccc4c5c(cccc35)-c3ccccc3-4)cc2-c2ccccc21. The molecule has 1 unspecified atom stereocenters. The van der Waals surface area contributed by atoms with Gasteiger partial charge in [-0.05, 0) is 103 Å². The monoisotopic (exact) mass is 643 g/mol. The van der Waals surface area contributed by atoms with Gasteiger partial charge in [-0.15, -0.1) is 0 Å². The molecule has 0 bridgehead atoms. The molecule has 1 heterocycles. The topological polar surface area (TPSA) is 29.4 Å². The van der Waals surface area contributed by atoms with Crippen LogP contribution in [0, 0.1) is 0 Å². The number of hydrogen-bond acceptors (Lipinski definition) is 2. The number of benzene rings is 8. The fraction of sp³-hybridized carbons (Fsp3) is 0. The smallest absolute Gasteiger partial charge is 0.109 e. The lowest BCUT2D eigenvalue weighted by atomic mass is 9.92. The molecule has 0 radical (unpaired) electrons. The van der Waals surface area contributed by atoms with Crippen LogP contribution in [-0.2, 0) is 9.73 Å². The van der Waals surface area contributed by atoms with Crippen molar-refractivity contribution < 1.29 is 4.21 Å². The van der Waals surface area contributed by atoms with Crippen molar-refractivity contribution in [2.75, 3.05) is 0 Å². The molecule has 0 spiro atoms. The molecule has 0 fully saturated rings. The number of hydrogen-bond donors (Lipinski definition) is 0. The molecule has 8 aromatic carbocycles. The van der Waals surface area contributed by atoms with E-state index >= 15 is 4.21 Å². The van der Waals surface area contributed by atoms with Crippen molar-refractivity contribution in [3.63, 3.8) is 0 Å². The molecule has 0 aromatic heterocycles. The van der Waals surface area contributed by atoms with E-state index in [0.29, 0.717) is 4.90 Å². The fourth-order valence-corrected chi connectivity index (χ4v) is 9.92. The summed E-state index contributed by atoms with van der Waals surface area (Å²) in [6.45, 7) is 0. The Balaban J connectivity index is 1.17. The largest absolute Gasteiger partial charge is 0.239 e. The van der Waals surface area contributed by atoms with Gasteiger partial charge in [0.1, 0.15) is 9.73 Å². The maximum atomic E-state index is 15.5. The van der Waals surface area contributed by atoms with Crippen LogP contribution in [0.25, 0.3) is 77.5 Å². The highest BCUT2D eigenvalue weighted by atomic mass is 32.2. The van der Waals surface area contributed by atoms with Crippen molar-refractivity contribution in [2.24, 2.45) is 4.36 Å². The van der Waals surface area contributed by atoms with Gasteiger partial charge in [0.05, 0.1) is 15.5 Å². The summed E-state index contributed by atoms with van der Waals surface area (Å²) >= 11 is 0. The molecule has 0 saturated carbocycles. The van der Waals surface area contributed by atoms with Crippen molar-refractivity contribution >= 4 is 26.2 Å². The van der Waals surface area contributed by atoms with Crippen LogP contribution >= 0.6 is 0 Å². The molecular formula is C46H29NOS. The van der Waals surface area contributed by atoms with E-state index in [1.54, 1.807) is 0 Å². The second-order valence-electron chi connectivity index (χ2n) is 12.8. The highest BCUT2D eigenvalue weighted by Gasteiger charge is 2.28. The number of fused-ring (bicyclic) bond motifs is 6. The third-order valence-electron chi connectivity index (χ3n) is 10.00. The summed E-state index contributed by atoms with van der Waals surface area (Å²) in [7, 11) is -3.02. The predicted molar refractivity (Wildman–Crippen MR) is 203 cm³/mol. The van der Waals surface area contributed by atoms with Crippen LogP contribution in [0.5, 0.6) is 0 Å². The zero-order chi connectivity index (χ0) is 32.5. The van der Waals surface area contributed by atoms with Gasteiger partial charge in [-0.25, -0.2) is 4.21 Å². The molecule has 2 aliphatic rings. The first-order valence-electron chi connectivity index (χ1n) is 16.6. The molecule has 1 aliphatic heterocycles. The van der Waals surface area contributed by atoms with E-state index in [4.69, 9.17) is 4.36 Å². The van der Waals surface area contributed by atoms with Gasteiger partial charge in [0, 0.05) is 11.1 Å². The second kappa shape index (κ2) is 10.7. The lowest BCUT2D eigenvalue weighted by Gasteiger charge is -2.23. The van der Waals surface area contributed by atoms with E-state index < -0.39 is 9.73 Å². The molecule has 0 amide bonds. The first-order valence-corrected chi connectivity index (χ1v) is 18.1. The van der Waals surface area contributed by atoms with Crippen molar-refractivity contribution in [2.45, 2.75) is 9.79 Å². The first-order chi connectivity index (χ1) is 24.2. The minimum absolute atomic E-state index is 0.710. The molecule has 230 valence electrons. The summed E-state index contributed by atoms with van der Waals surface area (Å²) in [5, 5.41) is 2.54. The maximum absolute atomic E-state index is 15.5. The van der Waals surface area contributed by atoms with Crippen LogP contribution < -0.4 is 0 Å². The lowest BCUT2D eigenvalue weighted by molar-refractivity contribution is 0.676. The minimum atomic E-state index is -3.02. The average Bonchev–Trinajstić information content (AvgIpc) is 3.50. The molecule has 3 heteroatoms. The van der Waals surface area contributed by atoms with Gasteiger partial charge in [0.15, 0.2) is 0 Å². The number of rotatable bonds is 4. The van der Waals surface area contributed by atoms with Crippen LogP contribution in [0.2, 0.25) is 0 Å². The van der Waals surface area contributed by atoms with Crippen molar-refractivity contribution in [1.29, 1.82) is 0 Å². The van der Waals surface area contributed by atoms with Crippen LogP contribution in [0.4, 0.5) is 5.69 Å². The Labute approximate surface area is 286 Å². The molecule has 49 heavy (non-hydrogen) atoms. The molecule has 8 aromatic rings. The lowest BCUT2D eigenvalue weighted by Crippen LogP contribution is -2.08. The van der Waals surface area contributed by atoms with Crippen molar-refractivity contribution in [1.82, 2.24) is 0 Å². The summed E-state index contributed by atoms with van der Waals surface area (Å²) in [4.78, 5) is 1.46. The van der Waals surface area contributed by atoms with E-state index in [1.165, 1.54) is 38.6 Å². The summed E-state index contributed by atoms with van der Waals surface area (Å²) in [5.41, 5.74) is 14.4. The van der Waals surface area contributed by atoms with Gasteiger partial charge in [0.2, 0.25) is 0 Å². The van der Waals surface area contributed by atoms with E-state index in [1.807, 2.05) is 54.6 Å². The van der Waals surface area contributed by atoms with Crippen molar-refractivity contribution in [3.05, 3.63) is 176 Å². The van der Waals surface area contributed by atoms with Gasteiger partial charge < -0.3 is 0 Å². The Hall–Kier alpha value is -6.03. The Kier molecular flexibility index (Phi) is 6.15. The Morgan fingerprint density at radius 2 is 0.939 bits per heavy atom. The van der Waals surface area contributed by atoms with Gasteiger partial charge in [0.25, 0.3) is 0 Å². The predicted octanol–water partition coefficient (Wildman–Crippen LogP) is 12.7. The van der Waals surface area contributed by atoms with Crippen molar-refractivity contribution in [3.8, 4) is 66.8 Å². The van der Waals surface area contributed by atoms with Crippen LogP contribution in [0.3, 0.4) is 0 Å². The van der Waals surface area contributed by atoms with Gasteiger partial charge in [-0.2, -0.15) is 4.36 Å². The average molecular weight is 644 g/mol. The quantitative estimate of drug-likeness (QED) is 0.188. The summed E-state index contributed by atoms with van der Waals surface area (Å²) in [6, 6.07) is 61.3. The second-order valence-corrected chi connectivity index (χ2v) is 14.9. The van der Waals surface area contributed by atoms with Crippen LogP contribution in [0.15, 0.2) is 190 Å². The molecule has 1 aliphatic carbocycles. The van der Waals surface area contributed by atoms with E-state index in [-0.39, 0.29) is 0 Å². The van der Waals surface area contributed by atoms with Crippen LogP contribution in [0.1, 0.15) is 0 Å². The zero-order valence-corrected chi connectivity index (χ0v) is 27.3. The summed E-state index contributed by atoms with van der Waals surface area (Å²) < 4.78 is 20.7. The molecule has 2 nitrogen and oxygen atoms in total. The molecule has 1 atom stereocenters. The van der Waals surface area contributed by atoms with E-state index in [0.717, 1.165) is 49.5 Å². The highest BCUT2D eigenvalue weighted by Crippen LogP contribution is 2.51. The normalized spacial score (nSPS) is 15.3. The van der Waals surface area contributed by atoms with Crippen LogP contribution in [-0.4, -0.2) is 4.21 Å². The fourth-order valence-electron chi connectivity index (χ4n) is 7.71. The third-order valence-corrected chi connectivity index (χ3v) is 12.3. The van der Waals surface area contributed by atoms with E-state index in [2.05, 4.69) is 121 Å². The molecule has 0 saturated heterocycles. The van der Waals surface area contributed by atoms with E-state index in [9.17, 15) is 0 Å². The third kappa shape index (κ3) is 4.29. The summed E-state index contributed by atoms with van der Waals surface area (Å²) in [5.74, 6) is 0. The Bertz CT molecular complexity index is 2670. The molecular weight excluding hydrogens is 615 g/mol. The molecule has 10 rings (SSSR count). The number of nitrogens with zero attached hydrogens (tertiary/aromatic N) is 1. The molecule has 0 N–H and O–H groups in total. The summed E-state index contributed by atoms with van der Waals surface area (Å²) in [6.07, 6.45) is 0.